The average molecular weight is 293 g/mol. The Morgan fingerprint density at radius 2 is 2.15 bits per heavy atom. The second-order valence-corrected chi connectivity index (χ2v) is 4.73. The van der Waals surface area contributed by atoms with Crippen LogP contribution in [0.5, 0.6) is 0 Å². The van der Waals surface area contributed by atoms with Gasteiger partial charge < -0.3 is 4.52 Å². The lowest BCUT2D eigenvalue weighted by atomic mass is 9.98. The Morgan fingerprint density at radius 1 is 1.46 bits per heavy atom. The molecule has 1 aromatic rings. The van der Waals surface area contributed by atoms with Crippen LogP contribution in [0.15, 0.2) is 4.52 Å². The van der Waals surface area contributed by atoms with E-state index in [1.54, 1.807) is 0 Å². The minimum Gasteiger partial charge on any atom is -0.339 e. The number of hydrogen-bond donors (Lipinski definition) is 0. The first kappa shape index (κ1) is 9.39. The van der Waals surface area contributed by atoms with E-state index in [9.17, 15) is 0 Å². The van der Waals surface area contributed by atoms with E-state index in [4.69, 9.17) is 4.52 Å². The van der Waals surface area contributed by atoms with Gasteiger partial charge in [0.05, 0.1) is 0 Å². The van der Waals surface area contributed by atoms with Gasteiger partial charge in [-0.3, -0.25) is 0 Å². The van der Waals surface area contributed by atoms with Gasteiger partial charge >= 0.3 is 0 Å². The third kappa shape index (κ3) is 2.19. The van der Waals surface area contributed by atoms with E-state index < -0.39 is 0 Å². The van der Waals surface area contributed by atoms with Crippen molar-refractivity contribution < 1.29 is 4.52 Å². The van der Waals surface area contributed by atoms with Crippen LogP contribution in [-0.2, 0) is 0 Å². The molecule has 72 valence electrons. The zero-order chi connectivity index (χ0) is 9.26. The van der Waals surface area contributed by atoms with Crippen molar-refractivity contribution in [1.29, 1.82) is 0 Å². The van der Waals surface area contributed by atoms with Crippen molar-refractivity contribution in [3.05, 3.63) is 11.7 Å². The Morgan fingerprint density at radius 3 is 2.69 bits per heavy atom. The zero-order valence-electron chi connectivity index (χ0n) is 7.53. The van der Waals surface area contributed by atoms with Crippen LogP contribution in [0.2, 0.25) is 0 Å². The highest BCUT2D eigenvalue weighted by molar-refractivity contribution is 14.1. The fourth-order valence-corrected chi connectivity index (χ4v) is 2.13. The molecule has 0 atom stereocenters. The third-order valence-electron chi connectivity index (χ3n) is 2.33. The van der Waals surface area contributed by atoms with Crippen molar-refractivity contribution in [1.82, 2.24) is 13.3 Å². The number of piperidine rings is 1. The standard InChI is InChI=1S/C8H12IN3O/c1-6-10-8(13-11-6)7-2-4-12(9)5-3-7/h7H,2-5H2,1H3. The van der Waals surface area contributed by atoms with E-state index in [1.807, 2.05) is 6.92 Å². The maximum absolute atomic E-state index is 5.16. The Kier molecular flexibility index (Phi) is 2.83. The van der Waals surface area contributed by atoms with Gasteiger partial charge in [0.2, 0.25) is 5.89 Å². The minimum atomic E-state index is 0.479. The van der Waals surface area contributed by atoms with Crippen LogP contribution >= 0.6 is 22.9 Å². The SMILES string of the molecule is Cc1noc(C2CCN(I)CC2)n1. The van der Waals surface area contributed by atoms with Crippen LogP contribution in [0.25, 0.3) is 0 Å². The summed E-state index contributed by atoms with van der Waals surface area (Å²) in [6.45, 7) is 4.10. The molecular formula is C8H12IN3O. The van der Waals surface area contributed by atoms with E-state index >= 15 is 0 Å². The van der Waals surface area contributed by atoms with E-state index in [2.05, 4.69) is 36.1 Å². The minimum absolute atomic E-state index is 0.479. The fourth-order valence-electron chi connectivity index (χ4n) is 1.57. The molecule has 0 radical (unpaired) electrons. The number of rotatable bonds is 1. The largest absolute Gasteiger partial charge is 0.339 e. The van der Waals surface area contributed by atoms with Gasteiger partial charge in [-0.1, -0.05) is 5.16 Å². The smallest absolute Gasteiger partial charge is 0.229 e. The highest BCUT2D eigenvalue weighted by Crippen LogP contribution is 2.27. The molecule has 0 bridgehead atoms. The average Bonchev–Trinajstić information content (AvgIpc) is 2.53. The summed E-state index contributed by atoms with van der Waals surface area (Å²) in [5.74, 6) is 2.04. The molecular weight excluding hydrogens is 281 g/mol. The van der Waals surface area contributed by atoms with Gasteiger partial charge in [-0.15, -0.1) is 0 Å². The lowest BCUT2D eigenvalue weighted by molar-refractivity contribution is 0.291. The predicted octanol–water partition coefficient (Wildman–Crippen LogP) is 1.91. The van der Waals surface area contributed by atoms with Gasteiger partial charge in [-0.25, -0.2) is 3.11 Å². The maximum Gasteiger partial charge on any atom is 0.229 e. The molecule has 1 saturated heterocycles. The van der Waals surface area contributed by atoms with Crippen molar-refractivity contribution in [3.8, 4) is 0 Å². The molecule has 0 spiro atoms. The van der Waals surface area contributed by atoms with E-state index in [0.717, 1.165) is 37.6 Å². The molecule has 1 aromatic heterocycles. The quantitative estimate of drug-likeness (QED) is 0.586. The molecule has 0 aromatic carbocycles. The lowest BCUT2D eigenvalue weighted by Gasteiger charge is -2.24. The molecule has 4 nitrogen and oxygen atoms in total. The first-order chi connectivity index (χ1) is 6.25. The van der Waals surface area contributed by atoms with E-state index in [-0.39, 0.29) is 0 Å². The summed E-state index contributed by atoms with van der Waals surface area (Å²) in [6.07, 6.45) is 2.26. The van der Waals surface area contributed by atoms with Crippen LogP contribution in [0, 0.1) is 6.92 Å². The Hall–Kier alpha value is -0.170. The molecule has 0 saturated carbocycles. The summed E-state index contributed by atoms with van der Waals surface area (Å²) in [5, 5.41) is 3.81. The number of aryl methyl sites for hydroxylation is 1. The van der Waals surface area contributed by atoms with Crippen LogP contribution in [0.3, 0.4) is 0 Å². The van der Waals surface area contributed by atoms with Crippen molar-refractivity contribution in [2.24, 2.45) is 0 Å². The first-order valence-corrected chi connectivity index (χ1v) is 5.43. The summed E-state index contributed by atoms with van der Waals surface area (Å²) in [7, 11) is 0. The Bertz CT molecular complexity index is 281. The van der Waals surface area contributed by atoms with Gasteiger partial charge in [0.15, 0.2) is 5.82 Å². The molecule has 2 heterocycles. The molecule has 1 fully saturated rings. The van der Waals surface area contributed by atoms with Crippen molar-refractivity contribution in [3.63, 3.8) is 0 Å². The second kappa shape index (κ2) is 3.91. The summed E-state index contributed by atoms with van der Waals surface area (Å²) < 4.78 is 7.46. The highest BCUT2D eigenvalue weighted by atomic mass is 127. The fraction of sp³-hybridized carbons (Fsp3) is 0.750. The van der Waals surface area contributed by atoms with Gasteiger partial charge in [0.1, 0.15) is 0 Å². The number of aromatic nitrogens is 2. The Labute approximate surface area is 91.2 Å². The number of halogens is 1. The van der Waals surface area contributed by atoms with Crippen LogP contribution in [-0.4, -0.2) is 26.3 Å². The molecule has 1 aliphatic heterocycles. The Balaban J connectivity index is 2.02. The highest BCUT2D eigenvalue weighted by Gasteiger charge is 2.23. The number of nitrogens with zero attached hydrogens (tertiary/aromatic N) is 3. The predicted molar refractivity (Wildman–Crippen MR) is 56.6 cm³/mol. The van der Waals surface area contributed by atoms with Crippen LogP contribution < -0.4 is 0 Å². The molecule has 13 heavy (non-hydrogen) atoms. The first-order valence-electron chi connectivity index (χ1n) is 4.46. The van der Waals surface area contributed by atoms with Crippen molar-refractivity contribution >= 4 is 22.9 Å². The summed E-state index contributed by atoms with van der Waals surface area (Å²) >= 11 is 2.36. The van der Waals surface area contributed by atoms with Crippen molar-refractivity contribution in [2.75, 3.05) is 13.1 Å². The normalized spacial score (nSPS) is 20.8. The van der Waals surface area contributed by atoms with Gasteiger partial charge in [-0.2, -0.15) is 4.98 Å². The molecule has 1 aliphatic rings. The molecule has 2 rings (SSSR count). The lowest BCUT2D eigenvalue weighted by Crippen LogP contribution is -2.24. The number of hydrogen-bond acceptors (Lipinski definition) is 4. The summed E-state index contributed by atoms with van der Waals surface area (Å²) in [5.41, 5.74) is 0. The summed E-state index contributed by atoms with van der Waals surface area (Å²) in [6, 6.07) is 0. The molecule has 0 N–H and O–H groups in total. The maximum atomic E-state index is 5.16. The van der Waals surface area contributed by atoms with E-state index in [0.29, 0.717) is 5.92 Å². The van der Waals surface area contributed by atoms with E-state index in [1.165, 1.54) is 0 Å². The van der Waals surface area contributed by atoms with Gasteiger partial charge in [0.25, 0.3) is 0 Å². The van der Waals surface area contributed by atoms with Crippen LogP contribution in [0.1, 0.15) is 30.5 Å². The van der Waals surface area contributed by atoms with Gasteiger partial charge in [0, 0.05) is 41.9 Å². The molecule has 0 aliphatic carbocycles. The zero-order valence-corrected chi connectivity index (χ0v) is 9.69. The van der Waals surface area contributed by atoms with Crippen molar-refractivity contribution in [2.45, 2.75) is 25.7 Å². The third-order valence-corrected chi connectivity index (χ3v) is 3.30. The summed E-state index contributed by atoms with van der Waals surface area (Å²) in [4.78, 5) is 4.26. The monoisotopic (exact) mass is 293 g/mol. The van der Waals surface area contributed by atoms with Gasteiger partial charge in [-0.05, 0) is 19.8 Å². The van der Waals surface area contributed by atoms with Crippen LogP contribution in [0.4, 0.5) is 0 Å². The molecule has 0 unspecified atom stereocenters. The molecule has 0 amide bonds. The topological polar surface area (TPSA) is 42.2 Å². The molecule has 5 heteroatoms. The second-order valence-electron chi connectivity index (χ2n) is 3.36.